The maximum Gasteiger partial charge on any atom is 0 e. The van der Waals surface area contributed by atoms with Crippen molar-refractivity contribution < 1.29 is 20.4 Å². The van der Waals surface area contributed by atoms with Crippen molar-refractivity contribution in [3.05, 3.63) is 0 Å². The Kier molecular flexibility index (Phi) is 20.8. The molecule has 0 bridgehead atoms. The molecule has 37 heavy (non-hydrogen) atoms. The summed E-state index contributed by atoms with van der Waals surface area (Å²) in [6.45, 7) is 19.3. The molecule has 3 saturated carbocycles. The van der Waals surface area contributed by atoms with Crippen molar-refractivity contribution in [3.8, 4) is 0 Å². The zero-order chi connectivity index (χ0) is 26.5. The van der Waals surface area contributed by atoms with Crippen LogP contribution in [0, 0.1) is 0 Å². The molecule has 0 spiro atoms. The van der Waals surface area contributed by atoms with Crippen molar-refractivity contribution in [3.63, 3.8) is 0 Å². The van der Waals surface area contributed by atoms with Crippen LogP contribution in [0.2, 0.25) is 0 Å². The monoisotopic (exact) mass is 662 g/mol. The molecule has 0 aromatic heterocycles. The van der Waals surface area contributed by atoms with Crippen LogP contribution in [0.15, 0.2) is 0 Å². The van der Waals surface area contributed by atoms with Crippen LogP contribution in [-0.4, -0.2) is 51.9 Å². The van der Waals surface area contributed by atoms with Gasteiger partial charge in [-0.25, -0.2) is 0 Å². The average molecular weight is 663 g/mol. The van der Waals surface area contributed by atoms with Crippen LogP contribution < -0.4 is 0 Å². The number of hydrogen-bond donors (Lipinski definition) is 0. The van der Waals surface area contributed by atoms with Gasteiger partial charge in [-0.15, -0.1) is 15.8 Å². The topological polar surface area (TPSA) is 0 Å². The fourth-order valence-electron chi connectivity index (χ4n) is 7.69. The van der Waals surface area contributed by atoms with Crippen molar-refractivity contribution in [2.75, 3.05) is 12.3 Å². The first-order valence-electron chi connectivity index (χ1n) is 16.5. The molecular weight excluding hydrogens is 596 g/mol. The molecule has 0 heterocycles. The Labute approximate surface area is 253 Å². The fraction of sp³-hybridized carbons (Fsp3) is 1.00. The summed E-state index contributed by atoms with van der Waals surface area (Å²) in [5, 5.41) is 0. The molecule has 0 unspecified atom stereocenters. The van der Waals surface area contributed by atoms with Gasteiger partial charge in [0, 0.05) is 20.4 Å². The van der Waals surface area contributed by atoms with Gasteiger partial charge in [0.2, 0.25) is 0 Å². The van der Waals surface area contributed by atoms with Crippen molar-refractivity contribution >= 4 is 23.8 Å². The Hall–Kier alpha value is 1.95. The first-order chi connectivity index (χ1) is 17.2. The maximum absolute atomic E-state index is 2.42. The van der Waals surface area contributed by atoms with E-state index in [0.717, 1.165) is 22.6 Å². The second-order valence-electron chi connectivity index (χ2n) is 13.5. The minimum atomic E-state index is 0. The summed E-state index contributed by atoms with van der Waals surface area (Å²) in [6, 6.07) is 0. The molecule has 0 aromatic carbocycles. The first kappa shape index (κ1) is 37.0. The van der Waals surface area contributed by atoms with Crippen LogP contribution in [0.1, 0.15) is 158 Å². The molecule has 0 nitrogen and oxygen atoms in total. The minimum absolute atomic E-state index is 0. The third kappa shape index (κ3) is 13.6. The number of rotatable bonds is 11. The first-order valence-corrected chi connectivity index (χ1v) is 21.4. The molecule has 0 aliphatic heterocycles. The molecule has 0 saturated heterocycles. The summed E-state index contributed by atoms with van der Waals surface area (Å²) in [5.74, 6) is 0. The van der Waals surface area contributed by atoms with E-state index in [4.69, 9.17) is 0 Å². The third-order valence-corrected chi connectivity index (χ3v) is 20.5. The maximum atomic E-state index is 2.42. The second-order valence-corrected chi connectivity index (χ2v) is 23.7. The minimum Gasteiger partial charge on any atom is -0.101 e. The summed E-state index contributed by atoms with van der Waals surface area (Å²) in [7, 11) is 0.910. The van der Waals surface area contributed by atoms with Gasteiger partial charge in [-0.3, -0.25) is 0 Å². The van der Waals surface area contributed by atoms with Crippen LogP contribution in [0.25, 0.3) is 0 Å². The van der Waals surface area contributed by atoms with Gasteiger partial charge in [-0.05, 0) is 96.9 Å². The third-order valence-electron chi connectivity index (χ3n) is 9.47. The van der Waals surface area contributed by atoms with Gasteiger partial charge in [0.25, 0.3) is 0 Å². The van der Waals surface area contributed by atoms with E-state index in [-0.39, 0.29) is 36.3 Å². The quantitative estimate of drug-likeness (QED) is 0.153. The van der Waals surface area contributed by atoms with E-state index in [9.17, 15) is 0 Å². The van der Waals surface area contributed by atoms with Crippen molar-refractivity contribution in [1.29, 1.82) is 0 Å². The molecule has 3 aliphatic carbocycles. The molecule has 0 atom stereocenters. The standard InChI is InChI=1S/C18H33P.C15H34P2.Pd/c1-4-10-16(11-5-1)19(17-12-6-2-7-13-17)18-14-8-3-9-15-18;1-12(2)16(13(3)4)10-9-11-17(14(5)6)15(7)8;/h16-18H,1-15H2;12-15H,9-11H2,1-8H3;. The molecule has 3 aliphatic rings. The zero-order valence-electron chi connectivity index (χ0n) is 26.4. The van der Waals surface area contributed by atoms with Crippen LogP contribution in [0.5, 0.6) is 0 Å². The molecular formula is C33H67P3Pd. The Morgan fingerprint density at radius 3 is 0.892 bits per heavy atom. The predicted octanol–water partition coefficient (Wildman–Crippen LogP) is 12.4. The van der Waals surface area contributed by atoms with Crippen LogP contribution in [0.4, 0.5) is 0 Å². The molecule has 3 rings (SSSR count). The molecule has 0 aromatic rings. The van der Waals surface area contributed by atoms with Crippen molar-refractivity contribution in [2.45, 2.75) is 198 Å². The molecule has 0 radical (unpaired) electrons. The van der Waals surface area contributed by atoms with E-state index in [1.165, 1.54) is 55.0 Å². The number of hydrogen-bond acceptors (Lipinski definition) is 0. The smallest absolute Gasteiger partial charge is 0 e. The summed E-state index contributed by atoms with van der Waals surface area (Å²) in [6.07, 6.45) is 28.1. The van der Waals surface area contributed by atoms with Crippen LogP contribution in [0.3, 0.4) is 0 Å². The summed E-state index contributed by atoms with van der Waals surface area (Å²) in [5.41, 5.74) is 7.21. The Bertz CT molecular complexity index is 453. The van der Waals surface area contributed by atoms with E-state index in [2.05, 4.69) is 55.4 Å². The van der Waals surface area contributed by atoms with Crippen molar-refractivity contribution in [1.82, 2.24) is 0 Å². The van der Waals surface area contributed by atoms with Gasteiger partial charge in [-0.2, -0.15) is 0 Å². The van der Waals surface area contributed by atoms with Crippen LogP contribution >= 0.6 is 23.8 Å². The Morgan fingerprint density at radius 2 is 0.676 bits per heavy atom. The second kappa shape index (κ2) is 20.8. The SMILES string of the molecule is C1CCC(P(C2CCCCC2)C2CCCCC2)CC1.CC(C)P(CCCP(C(C)C)C(C)C)C(C)C.[Pd]. The van der Waals surface area contributed by atoms with Gasteiger partial charge >= 0.3 is 0 Å². The van der Waals surface area contributed by atoms with E-state index >= 15 is 0 Å². The molecule has 4 heteroatoms. The van der Waals surface area contributed by atoms with E-state index < -0.39 is 0 Å². The Morgan fingerprint density at radius 1 is 0.432 bits per heavy atom. The van der Waals surface area contributed by atoms with E-state index in [1.54, 1.807) is 77.0 Å². The summed E-state index contributed by atoms with van der Waals surface area (Å²) < 4.78 is 0. The van der Waals surface area contributed by atoms with Crippen molar-refractivity contribution in [2.24, 2.45) is 0 Å². The molecule has 3 fully saturated rings. The average Bonchev–Trinajstić information content (AvgIpc) is 2.85. The summed E-state index contributed by atoms with van der Waals surface area (Å²) >= 11 is 0. The normalized spacial score (nSPS) is 20.8. The molecule has 0 amide bonds. The van der Waals surface area contributed by atoms with Gasteiger partial charge in [0.1, 0.15) is 0 Å². The largest absolute Gasteiger partial charge is 0.101 e. The zero-order valence-corrected chi connectivity index (χ0v) is 30.7. The van der Waals surface area contributed by atoms with Gasteiger partial charge in [0.15, 0.2) is 0 Å². The fourth-order valence-corrected chi connectivity index (χ4v) is 18.1. The van der Waals surface area contributed by atoms with Crippen LogP contribution in [-0.2, 0) is 20.4 Å². The van der Waals surface area contributed by atoms with Gasteiger partial charge in [-0.1, -0.05) is 121 Å². The predicted molar refractivity (Wildman–Crippen MR) is 176 cm³/mol. The molecule has 0 N–H and O–H groups in total. The Balaban J connectivity index is 0.000000364. The molecule has 224 valence electrons. The summed E-state index contributed by atoms with van der Waals surface area (Å²) in [4.78, 5) is 0. The van der Waals surface area contributed by atoms with Gasteiger partial charge in [0.05, 0.1) is 0 Å². The van der Waals surface area contributed by atoms with Gasteiger partial charge < -0.3 is 0 Å². The van der Waals surface area contributed by atoms with E-state index in [1.807, 2.05) is 0 Å². The van der Waals surface area contributed by atoms with E-state index in [0.29, 0.717) is 7.92 Å².